The van der Waals surface area contributed by atoms with Gasteiger partial charge in [0.25, 0.3) is 0 Å². The molecule has 3 rings (SSSR count). The van der Waals surface area contributed by atoms with Crippen molar-refractivity contribution in [1.82, 2.24) is 10.3 Å². The van der Waals surface area contributed by atoms with Gasteiger partial charge in [-0.3, -0.25) is 0 Å². The lowest BCUT2D eigenvalue weighted by molar-refractivity contribution is 0.354. The predicted octanol–water partition coefficient (Wildman–Crippen LogP) is 4.30. The molecule has 2 aromatic heterocycles. The summed E-state index contributed by atoms with van der Waals surface area (Å²) in [5, 5.41) is 11.1. The number of hydrogen-bond donors (Lipinski definition) is 1. The first-order valence-electron chi connectivity index (χ1n) is 7.65. The van der Waals surface area contributed by atoms with E-state index in [0.29, 0.717) is 0 Å². The lowest BCUT2D eigenvalue weighted by atomic mass is 10.1. The zero-order chi connectivity index (χ0) is 16.8. The monoisotopic (exact) mass is 360 g/mol. The maximum atomic E-state index is 5.38. The van der Waals surface area contributed by atoms with Crippen LogP contribution in [0, 0.1) is 0 Å². The van der Waals surface area contributed by atoms with E-state index in [1.54, 1.807) is 36.9 Å². The van der Waals surface area contributed by atoms with E-state index in [9.17, 15) is 0 Å². The van der Waals surface area contributed by atoms with E-state index >= 15 is 0 Å². The summed E-state index contributed by atoms with van der Waals surface area (Å²) in [6.07, 6.45) is 2.79. The fraction of sp³-hybridized carbons (Fsp3) is 0.278. The first-order chi connectivity index (χ1) is 11.8. The maximum absolute atomic E-state index is 5.38. The largest absolute Gasteiger partial charge is 0.493 e. The maximum Gasteiger partial charge on any atom is 0.161 e. The predicted molar refractivity (Wildman–Crippen MR) is 99.3 cm³/mol. The van der Waals surface area contributed by atoms with Crippen LogP contribution in [-0.2, 0) is 13.0 Å². The van der Waals surface area contributed by atoms with Crippen molar-refractivity contribution in [2.24, 2.45) is 0 Å². The van der Waals surface area contributed by atoms with Crippen LogP contribution in [0.25, 0.3) is 0 Å². The van der Waals surface area contributed by atoms with Crippen molar-refractivity contribution in [2.75, 3.05) is 14.2 Å². The highest BCUT2D eigenvalue weighted by molar-refractivity contribution is 7.09. The number of nitrogens with one attached hydrogen (secondary N) is 1. The van der Waals surface area contributed by atoms with Gasteiger partial charge < -0.3 is 14.8 Å². The van der Waals surface area contributed by atoms with Gasteiger partial charge in [0.05, 0.1) is 20.3 Å². The molecule has 2 heterocycles. The number of benzene rings is 1. The number of ether oxygens (including phenoxy) is 2. The Morgan fingerprint density at radius 1 is 1.08 bits per heavy atom. The Morgan fingerprint density at radius 3 is 2.62 bits per heavy atom. The topological polar surface area (TPSA) is 43.4 Å². The molecule has 0 saturated heterocycles. The first-order valence-corrected chi connectivity index (χ1v) is 9.47. The van der Waals surface area contributed by atoms with Gasteiger partial charge in [0.1, 0.15) is 5.01 Å². The number of aromatic nitrogens is 1. The summed E-state index contributed by atoms with van der Waals surface area (Å²) in [7, 11) is 3.30. The van der Waals surface area contributed by atoms with Gasteiger partial charge in [0.15, 0.2) is 11.5 Å². The minimum atomic E-state index is 0.202. The van der Waals surface area contributed by atoms with Crippen molar-refractivity contribution in [2.45, 2.75) is 19.0 Å². The van der Waals surface area contributed by atoms with Crippen molar-refractivity contribution in [3.8, 4) is 11.5 Å². The van der Waals surface area contributed by atoms with Gasteiger partial charge in [-0.15, -0.1) is 11.3 Å². The van der Waals surface area contributed by atoms with E-state index in [2.05, 4.69) is 33.2 Å². The summed E-state index contributed by atoms with van der Waals surface area (Å²) in [4.78, 5) is 4.49. The zero-order valence-corrected chi connectivity index (χ0v) is 15.3. The highest BCUT2D eigenvalue weighted by Gasteiger charge is 2.15. The molecule has 0 unspecified atom stereocenters. The van der Waals surface area contributed by atoms with E-state index in [1.807, 2.05) is 23.7 Å². The highest BCUT2D eigenvalue weighted by atomic mass is 32.1. The molecule has 0 spiro atoms. The molecule has 0 fully saturated rings. The van der Waals surface area contributed by atoms with Crippen LogP contribution < -0.4 is 14.8 Å². The molecule has 1 atom stereocenters. The molecule has 0 amide bonds. The van der Waals surface area contributed by atoms with E-state index in [-0.39, 0.29) is 6.04 Å². The lowest BCUT2D eigenvalue weighted by Gasteiger charge is -2.17. The average molecular weight is 361 g/mol. The van der Waals surface area contributed by atoms with E-state index < -0.39 is 0 Å². The van der Waals surface area contributed by atoms with Gasteiger partial charge in [-0.1, -0.05) is 6.07 Å². The van der Waals surface area contributed by atoms with E-state index in [1.165, 1.54) is 5.56 Å². The van der Waals surface area contributed by atoms with Crippen molar-refractivity contribution in [3.63, 3.8) is 0 Å². The fourth-order valence-corrected chi connectivity index (χ4v) is 3.92. The quantitative estimate of drug-likeness (QED) is 0.651. The van der Waals surface area contributed by atoms with Crippen LogP contribution in [0.15, 0.2) is 46.6 Å². The van der Waals surface area contributed by atoms with Gasteiger partial charge >= 0.3 is 0 Å². The second-order valence-corrected chi connectivity index (χ2v) is 7.04. The summed E-state index contributed by atoms with van der Waals surface area (Å²) in [5.41, 5.74) is 2.49. The minimum Gasteiger partial charge on any atom is -0.493 e. The molecule has 0 aliphatic heterocycles. The number of methoxy groups -OCH3 is 2. The summed E-state index contributed by atoms with van der Waals surface area (Å²) < 4.78 is 10.7. The van der Waals surface area contributed by atoms with Crippen molar-refractivity contribution in [3.05, 3.63) is 62.7 Å². The van der Waals surface area contributed by atoms with Crippen LogP contribution in [0.4, 0.5) is 0 Å². The molecule has 3 aromatic rings. The number of rotatable bonds is 8. The fourth-order valence-electron chi connectivity index (χ4n) is 2.53. The SMILES string of the molecule is COc1ccc(CN[C@@H](Cc2ccsc2)c2nccs2)cc1OC. The number of hydrogen-bond acceptors (Lipinski definition) is 6. The lowest BCUT2D eigenvalue weighted by Crippen LogP contribution is -2.22. The molecular formula is C18H20N2O2S2. The molecular weight excluding hydrogens is 340 g/mol. The summed E-state index contributed by atoms with van der Waals surface area (Å²) in [6, 6.07) is 8.37. The van der Waals surface area contributed by atoms with Crippen LogP contribution in [0.1, 0.15) is 22.2 Å². The summed E-state index contributed by atoms with van der Waals surface area (Å²) in [5.74, 6) is 1.50. The standard InChI is InChI=1S/C18H20N2O2S2/c1-21-16-4-3-13(10-17(16)22-2)11-20-15(18-19-6-8-24-18)9-14-5-7-23-12-14/h3-8,10,12,15,20H,9,11H2,1-2H3/t15-/m0/s1. The molecule has 0 aliphatic carbocycles. The molecule has 6 heteroatoms. The second-order valence-electron chi connectivity index (χ2n) is 5.33. The smallest absolute Gasteiger partial charge is 0.161 e. The Hall–Kier alpha value is -1.89. The third-order valence-electron chi connectivity index (χ3n) is 3.77. The van der Waals surface area contributed by atoms with Crippen LogP contribution >= 0.6 is 22.7 Å². The number of thiazole rings is 1. The van der Waals surface area contributed by atoms with Gasteiger partial charge in [-0.2, -0.15) is 11.3 Å². The second kappa shape index (κ2) is 8.28. The zero-order valence-electron chi connectivity index (χ0n) is 13.7. The molecule has 1 aromatic carbocycles. The van der Waals surface area contributed by atoms with Crippen LogP contribution in [0.3, 0.4) is 0 Å². The third-order valence-corrected chi connectivity index (χ3v) is 5.39. The molecule has 24 heavy (non-hydrogen) atoms. The minimum absolute atomic E-state index is 0.202. The van der Waals surface area contributed by atoms with Gasteiger partial charge in [0, 0.05) is 18.1 Å². The Bertz CT molecular complexity index is 742. The number of thiophene rings is 1. The van der Waals surface area contributed by atoms with Crippen LogP contribution in [-0.4, -0.2) is 19.2 Å². The summed E-state index contributed by atoms with van der Waals surface area (Å²) in [6.45, 7) is 0.745. The van der Waals surface area contributed by atoms with Gasteiger partial charge in [-0.25, -0.2) is 4.98 Å². The Kier molecular flexibility index (Phi) is 5.85. The molecule has 0 bridgehead atoms. The van der Waals surface area contributed by atoms with Crippen molar-refractivity contribution < 1.29 is 9.47 Å². The molecule has 0 radical (unpaired) electrons. The van der Waals surface area contributed by atoms with E-state index in [0.717, 1.165) is 35.0 Å². The third kappa shape index (κ3) is 4.14. The van der Waals surface area contributed by atoms with E-state index in [4.69, 9.17) is 9.47 Å². The van der Waals surface area contributed by atoms with Crippen LogP contribution in [0.2, 0.25) is 0 Å². The molecule has 4 nitrogen and oxygen atoms in total. The first kappa shape index (κ1) is 17.0. The number of nitrogens with zero attached hydrogens (tertiary/aromatic N) is 1. The molecule has 1 N–H and O–H groups in total. The van der Waals surface area contributed by atoms with Gasteiger partial charge in [-0.05, 0) is 46.5 Å². The molecule has 126 valence electrons. The molecule has 0 saturated carbocycles. The Balaban J connectivity index is 1.71. The highest BCUT2D eigenvalue weighted by Crippen LogP contribution is 2.28. The Morgan fingerprint density at radius 2 is 1.96 bits per heavy atom. The van der Waals surface area contributed by atoms with Crippen LogP contribution in [0.5, 0.6) is 11.5 Å². The van der Waals surface area contributed by atoms with Crippen molar-refractivity contribution >= 4 is 22.7 Å². The van der Waals surface area contributed by atoms with Crippen molar-refractivity contribution in [1.29, 1.82) is 0 Å². The normalized spacial score (nSPS) is 12.1. The average Bonchev–Trinajstić information content (AvgIpc) is 3.31. The summed E-state index contributed by atoms with van der Waals surface area (Å²) >= 11 is 3.41. The Labute approximate surface area is 150 Å². The van der Waals surface area contributed by atoms with Gasteiger partial charge in [0.2, 0.25) is 0 Å². The molecule has 0 aliphatic rings.